The van der Waals surface area contributed by atoms with Gasteiger partial charge in [0.2, 0.25) is 0 Å². The Morgan fingerprint density at radius 1 is 1.08 bits per heavy atom. The summed E-state index contributed by atoms with van der Waals surface area (Å²) in [4.78, 5) is 2.88. The Morgan fingerprint density at radius 2 is 2.08 bits per heavy atom. The highest BCUT2D eigenvalue weighted by Gasteiger charge is 2.09. The lowest BCUT2D eigenvalue weighted by atomic mass is 10.4. The van der Waals surface area contributed by atoms with Gasteiger partial charge in [-0.15, -0.1) is 10.2 Å². The molecule has 6 nitrogen and oxygen atoms in total. The average molecular weight is 161 g/mol. The van der Waals surface area contributed by atoms with Crippen molar-refractivity contribution in [1.82, 2.24) is 25.6 Å². The molecule has 2 rings (SSSR count). The van der Waals surface area contributed by atoms with Crippen molar-refractivity contribution < 1.29 is 4.98 Å². The molecular weight excluding hydrogens is 156 g/mol. The molecule has 0 spiro atoms. The summed E-state index contributed by atoms with van der Waals surface area (Å²) in [5, 5.41) is 18.3. The van der Waals surface area contributed by atoms with Crippen LogP contribution >= 0.6 is 0 Å². The maximum Gasteiger partial charge on any atom is 0.376 e. The van der Waals surface area contributed by atoms with Crippen LogP contribution < -0.4 is 4.98 Å². The Morgan fingerprint density at radius 3 is 2.75 bits per heavy atom. The van der Waals surface area contributed by atoms with Gasteiger partial charge in [-0.2, -0.15) is 0 Å². The quantitative estimate of drug-likeness (QED) is 0.544. The van der Waals surface area contributed by atoms with Gasteiger partial charge >= 0.3 is 5.82 Å². The number of aromatic nitrogens is 6. The normalized spacial score (nSPS) is 9.67. The summed E-state index contributed by atoms with van der Waals surface area (Å²) in [6.45, 7) is 0. The highest BCUT2D eigenvalue weighted by molar-refractivity contribution is 5.41. The summed E-state index contributed by atoms with van der Waals surface area (Å²) in [6.07, 6.45) is 4.77. The third-order valence-corrected chi connectivity index (χ3v) is 1.26. The van der Waals surface area contributed by atoms with Gasteiger partial charge in [0.1, 0.15) is 12.4 Å². The maximum absolute atomic E-state index is 3.81. The molecule has 0 aliphatic heterocycles. The van der Waals surface area contributed by atoms with E-state index in [1.807, 2.05) is 0 Å². The molecule has 0 fully saturated rings. The first-order valence-corrected chi connectivity index (χ1v) is 3.31. The monoisotopic (exact) mass is 161 g/mol. The molecule has 0 atom stereocenters. The zero-order chi connectivity index (χ0) is 8.23. The summed E-state index contributed by atoms with van der Waals surface area (Å²) in [5.74, 6) is 0.576. The fourth-order valence-electron chi connectivity index (χ4n) is 0.762. The number of H-pyrrole nitrogens is 1. The highest BCUT2D eigenvalue weighted by atomic mass is 15.3. The van der Waals surface area contributed by atoms with Gasteiger partial charge in [-0.1, -0.05) is 0 Å². The first-order chi connectivity index (χ1) is 5.97. The van der Waals surface area contributed by atoms with E-state index in [1.54, 1.807) is 24.7 Å². The van der Waals surface area contributed by atoms with Gasteiger partial charge < -0.3 is 0 Å². The van der Waals surface area contributed by atoms with Crippen molar-refractivity contribution in [1.29, 1.82) is 0 Å². The van der Waals surface area contributed by atoms with Crippen molar-refractivity contribution >= 4 is 0 Å². The zero-order valence-electron chi connectivity index (χ0n) is 6.05. The minimum absolute atomic E-state index is 0.576. The highest BCUT2D eigenvalue weighted by Crippen LogP contribution is 2.01. The van der Waals surface area contributed by atoms with Crippen molar-refractivity contribution in [2.24, 2.45) is 0 Å². The van der Waals surface area contributed by atoms with E-state index in [1.165, 1.54) is 0 Å². The molecule has 2 aromatic heterocycles. The van der Waals surface area contributed by atoms with Crippen LogP contribution in [-0.4, -0.2) is 25.6 Å². The molecule has 0 bridgehead atoms. The molecule has 0 radical (unpaired) electrons. The third kappa shape index (κ3) is 1.22. The molecule has 2 aromatic rings. The van der Waals surface area contributed by atoms with E-state index < -0.39 is 0 Å². The Labute approximate surface area is 67.7 Å². The predicted molar refractivity (Wildman–Crippen MR) is 37.4 cm³/mol. The minimum Gasteiger partial charge on any atom is -0.239 e. The molecule has 12 heavy (non-hydrogen) atoms. The zero-order valence-corrected chi connectivity index (χ0v) is 6.05. The molecule has 0 amide bonds. The van der Waals surface area contributed by atoms with Gasteiger partial charge in [0, 0.05) is 0 Å². The first kappa shape index (κ1) is 6.71. The van der Waals surface area contributed by atoms with Crippen molar-refractivity contribution in [3.8, 4) is 11.5 Å². The van der Waals surface area contributed by atoms with Crippen molar-refractivity contribution in [2.75, 3.05) is 0 Å². The van der Waals surface area contributed by atoms with E-state index in [0.29, 0.717) is 11.5 Å². The standard InChI is InChI=1S/C6H4N6/c1-2-9-12-10-5(1)6-7-3-4-8-11-6/h1-4H/p+1. The lowest BCUT2D eigenvalue weighted by Gasteiger charge is -1.85. The molecule has 0 unspecified atom stereocenters. The van der Waals surface area contributed by atoms with Crippen molar-refractivity contribution in [3.63, 3.8) is 0 Å². The molecule has 2 heterocycles. The van der Waals surface area contributed by atoms with Crippen LogP contribution in [0.5, 0.6) is 0 Å². The first-order valence-electron chi connectivity index (χ1n) is 3.31. The second-order valence-electron chi connectivity index (χ2n) is 2.03. The molecule has 0 aromatic carbocycles. The summed E-state index contributed by atoms with van der Waals surface area (Å²) >= 11 is 0. The third-order valence-electron chi connectivity index (χ3n) is 1.26. The predicted octanol–water partition coefficient (Wildman–Crippen LogP) is -0.857. The van der Waals surface area contributed by atoms with Crippen LogP contribution in [0.25, 0.3) is 11.5 Å². The van der Waals surface area contributed by atoms with Crippen LogP contribution in [0, 0.1) is 0 Å². The molecule has 0 aliphatic rings. The van der Waals surface area contributed by atoms with Gasteiger partial charge in [0.25, 0.3) is 0 Å². The second kappa shape index (κ2) is 2.95. The largest absolute Gasteiger partial charge is 0.376 e. The Hall–Kier alpha value is -1.98. The smallest absolute Gasteiger partial charge is 0.239 e. The number of hydrogen-bond acceptors (Lipinski definition) is 5. The SMILES string of the molecule is c1cc(-c2nncc[nH+]2)nnn1. The van der Waals surface area contributed by atoms with Gasteiger partial charge in [-0.25, -0.2) is 4.98 Å². The van der Waals surface area contributed by atoms with Crippen LogP contribution in [0.4, 0.5) is 0 Å². The Bertz CT molecular complexity index is 309. The van der Waals surface area contributed by atoms with E-state index in [-0.39, 0.29) is 0 Å². The molecule has 0 aliphatic carbocycles. The summed E-state index contributed by atoms with van der Waals surface area (Å²) in [5.41, 5.74) is 0.623. The van der Waals surface area contributed by atoms with Gasteiger partial charge in [-0.3, -0.25) is 0 Å². The molecule has 1 N–H and O–H groups in total. The number of nitrogens with one attached hydrogen (secondary N) is 1. The molecule has 0 saturated heterocycles. The van der Waals surface area contributed by atoms with Crippen LogP contribution in [0.1, 0.15) is 0 Å². The van der Waals surface area contributed by atoms with E-state index in [4.69, 9.17) is 0 Å². The van der Waals surface area contributed by atoms with Crippen LogP contribution in [0.2, 0.25) is 0 Å². The molecule has 58 valence electrons. The molecule has 6 heteroatoms. The Kier molecular flexibility index (Phi) is 1.65. The fraction of sp³-hybridized carbons (Fsp3) is 0. The summed E-state index contributed by atoms with van der Waals surface area (Å²) < 4.78 is 0. The minimum atomic E-state index is 0.576. The average Bonchev–Trinajstić information content (AvgIpc) is 2.21. The number of hydrogen-bond donors (Lipinski definition) is 0. The van der Waals surface area contributed by atoms with Crippen molar-refractivity contribution in [3.05, 3.63) is 24.7 Å². The molecular formula is C6H5N6+. The lowest BCUT2D eigenvalue weighted by molar-refractivity contribution is -0.370. The van der Waals surface area contributed by atoms with Gasteiger partial charge in [0.15, 0.2) is 5.69 Å². The summed E-state index contributed by atoms with van der Waals surface area (Å²) in [6, 6.07) is 1.70. The van der Waals surface area contributed by atoms with Crippen molar-refractivity contribution in [2.45, 2.75) is 0 Å². The fourth-order valence-corrected chi connectivity index (χ4v) is 0.762. The maximum atomic E-state index is 3.81. The lowest BCUT2D eigenvalue weighted by Crippen LogP contribution is -2.10. The topological polar surface area (TPSA) is 78.6 Å². The van der Waals surface area contributed by atoms with Crippen LogP contribution in [-0.2, 0) is 0 Å². The Balaban J connectivity index is 2.46. The summed E-state index contributed by atoms with van der Waals surface area (Å²) in [7, 11) is 0. The molecule has 0 saturated carbocycles. The van der Waals surface area contributed by atoms with Crippen LogP contribution in [0.3, 0.4) is 0 Å². The van der Waals surface area contributed by atoms with E-state index in [2.05, 4.69) is 30.6 Å². The number of rotatable bonds is 1. The van der Waals surface area contributed by atoms with Gasteiger partial charge in [-0.05, 0) is 16.4 Å². The van der Waals surface area contributed by atoms with E-state index in [9.17, 15) is 0 Å². The van der Waals surface area contributed by atoms with Gasteiger partial charge in [0.05, 0.1) is 11.3 Å². The second-order valence-corrected chi connectivity index (χ2v) is 2.03. The number of aromatic amines is 1. The van der Waals surface area contributed by atoms with Crippen LogP contribution in [0.15, 0.2) is 24.7 Å². The van der Waals surface area contributed by atoms with E-state index in [0.717, 1.165) is 0 Å². The number of nitrogens with zero attached hydrogens (tertiary/aromatic N) is 5. The van der Waals surface area contributed by atoms with E-state index >= 15 is 0 Å².